The van der Waals surface area contributed by atoms with E-state index in [-0.39, 0.29) is 5.82 Å². The van der Waals surface area contributed by atoms with Crippen molar-refractivity contribution < 1.29 is 4.39 Å². The van der Waals surface area contributed by atoms with E-state index in [2.05, 4.69) is 51.1 Å². The van der Waals surface area contributed by atoms with Gasteiger partial charge >= 0.3 is 0 Å². The predicted octanol–water partition coefficient (Wildman–Crippen LogP) is 4.90. The molecule has 3 aromatic rings. The molecule has 0 unspecified atom stereocenters. The lowest BCUT2D eigenvalue weighted by Gasteiger charge is -2.09. The molecule has 21 heavy (non-hydrogen) atoms. The highest BCUT2D eigenvalue weighted by Crippen LogP contribution is 2.21. The highest BCUT2D eigenvalue weighted by Gasteiger charge is 2.02. The summed E-state index contributed by atoms with van der Waals surface area (Å²) >= 11 is 2.13. The van der Waals surface area contributed by atoms with Gasteiger partial charge in [-0.3, -0.25) is 4.98 Å². The Morgan fingerprint density at radius 2 is 1.95 bits per heavy atom. The Morgan fingerprint density at radius 3 is 2.76 bits per heavy atom. The van der Waals surface area contributed by atoms with Gasteiger partial charge in [-0.05, 0) is 71.5 Å². The number of benzene rings is 2. The van der Waals surface area contributed by atoms with Crippen molar-refractivity contribution >= 4 is 39.2 Å². The van der Waals surface area contributed by atoms with E-state index in [1.54, 1.807) is 6.07 Å². The minimum absolute atomic E-state index is 0.211. The van der Waals surface area contributed by atoms with Gasteiger partial charge in [0, 0.05) is 26.9 Å². The van der Waals surface area contributed by atoms with Crippen LogP contribution in [0.4, 0.5) is 10.1 Å². The van der Waals surface area contributed by atoms with Gasteiger partial charge in [0.2, 0.25) is 0 Å². The van der Waals surface area contributed by atoms with Gasteiger partial charge in [0.15, 0.2) is 0 Å². The number of nitrogens with zero attached hydrogens (tertiary/aromatic N) is 1. The molecule has 0 atom stereocenters. The van der Waals surface area contributed by atoms with E-state index in [0.717, 1.165) is 25.9 Å². The number of nitrogens with one attached hydrogen (secondary N) is 1. The summed E-state index contributed by atoms with van der Waals surface area (Å²) in [6.45, 7) is 2.69. The molecule has 1 N–H and O–H groups in total. The van der Waals surface area contributed by atoms with E-state index < -0.39 is 0 Å². The molecule has 0 bridgehead atoms. The molecule has 3 rings (SSSR count). The van der Waals surface area contributed by atoms with Gasteiger partial charge in [-0.15, -0.1) is 0 Å². The van der Waals surface area contributed by atoms with Gasteiger partial charge in [0.1, 0.15) is 5.82 Å². The molecule has 0 saturated heterocycles. The molecule has 2 aromatic carbocycles. The zero-order chi connectivity index (χ0) is 14.8. The summed E-state index contributed by atoms with van der Waals surface area (Å²) in [5, 5.41) is 4.47. The monoisotopic (exact) mass is 392 g/mol. The van der Waals surface area contributed by atoms with Gasteiger partial charge in [-0.2, -0.15) is 0 Å². The molecule has 106 valence electrons. The quantitative estimate of drug-likeness (QED) is 0.642. The van der Waals surface area contributed by atoms with Gasteiger partial charge in [0.05, 0.1) is 5.52 Å². The summed E-state index contributed by atoms with van der Waals surface area (Å²) in [6.07, 6.45) is 0. The third kappa shape index (κ3) is 3.32. The molecule has 0 saturated carbocycles. The van der Waals surface area contributed by atoms with Crippen molar-refractivity contribution in [2.75, 3.05) is 5.32 Å². The Morgan fingerprint density at radius 1 is 1.10 bits per heavy atom. The third-order valence-electron chi connectivity index (χ3n) is 3.31. The fraction of sp³-hybridized carbons (Fsp3) is 0.118. The number of anilines is 1. The van der Waals surface area contributed by atoms with Gasteiger partial charge in [-0.25, -0.2) is 4.39 Å². The van der Waals surface area contributed by atoms with Gasteiger partial charge < -0.3 is 5.32 Å². The molecule has 0 amide bonds. The smallest absolute Gasteiger partial charge is 0.124 e. The number of aryl methyl sites for hydroxylation is 1. The third-order valence-corrected chi connectivity index (χ3v) is 4.20. The molecule has 0 aliphatic carbocycles. The number of fused-ring (bicyclic) bond motifs is 1. The minimum atomic E-state index is -0.211. The Hall–Kier alpha value is -1.69. The average molecular weight is 392 g/mol. The largest absolute Gasteiger partial charge is 0.380 e. The van der Waals surface area contributed by atoms with Crippen LogP contribution in [0.3, 0.4) is 0 Å². The van der Waals surface area contributed by atoms with E-state index in [4.69, 9.17) is 0 Å². The molecular formula is C17H14FIN2. The van der Waals surface area contributed by atoms with Gasteiger partial charge in [-0.1, -0.05) is 12.1 Å². The molecular weight excluding hydrogens is 378 g/mol. The second-order valence-corrected chi connectivity index (χ2v) is 6.12. The van der Waals surface area contributed by atoms with Crippen LogP contribution in [0, 0.1) is 16.3 Å². The van der Waals surface area contributed by atoms with E-state index >= 15 is 0 Å². The molecule has 0 aliphatic heterocycles. The summed E-state index contributed by atoms with van der Waals surface area (Å²) in [5.74, 6) is -0.211. The zero-order valence-electron chi connectivity index (χ0n) is 11.5. The first-order valence-electron chi connectivity index (χ1n) is 6.67. The number of hydrogen-bond acceptors (Lipinski definition) is 2. The topological polar surface area (TPSA) is 24.9 Å². The molecule has 0 spiro atoms. The molecule has 1 aromatic heterocycles. The maximum absolute atomic E-state index is 13.1. The highest BCUT2D eigenvalue weighted by molar-refractivity contribution is 14.1. The van der Waals surface area contributed by atoms with Crippen LogP contribution in [-0.2, 0) is 6.54 Å². The van der Waals surface area contributed by atoms with Crippen LogP contribution in [0.1, 0.15) is 11.3 Å². The summed E-state index contributed by atoms with van der Waals surface area (Å²) in [6, 6.07) is 15.1. The SMILES string of the molecule is Cc1ccc2cc(CNc3ccc(F)cc3I)ccc2n1. The lowest BCUT2D eigenvalue weighted by molar-refractivity contribution is 0.627. The number of hydrogen-bond donors (Lipinski definition) is 1. The van der Waals surface area contributed by atoms with Crippen LogP contribution in [0.15, 0.2) is 48.5 Å². The Kier molecular flexibility index (Phi) is 4.05. The van der Waals surface area contributed by atoms with Crippen LogP contribution in [0.5, 0.6) is 0 Å². The number of aromatic nitrogens is 1. The molecule has 2 nitrogen and oxygen atoms in total. The van der Waals surface area contributed by atoms with Crippen LogP contribution in [0.2, 0.25) is 0 Å². The number of rotatable bonds is 3. The number of pyridine rings is 1. The molecule has 0 radical (unpaired) electrons. The van der Waals surface area contributed by atoms with Crippen molar-refractivity contribution in [3.05, 3.63) is 69.2 Å². The molecule has 4 heteroatoms. The lowest BCUT2D eigenvalue weighted by atomic mass is 10.1. The summed E-state index contributed by atoms with van der Waals surface area (Å²) in [7, 11) is 0. The molecule has 0 aliphatic rings. The van der Waals surface area contributed by atoms with Crippen LogP contribution >= 0.6 is 22.6 Å². The second kappa shape index (κ2) is 5.97. The van der Waals surface area contributed by atoms with Crippen LogP contribution in [0.25, 0.3) is 10.9 Å². The maximum Gasteiger partial charge on any atom is 0.124 e. The van der Waals surface area contributed by atoms with E-state index in [9.17, 15) is 4.39 Å². The summed E-state index contributed by atoms with van der Waals surface area (Å²) in [5.41, 5.74) is 4.15. The first-order chi connectivity index (χ1) is 10.1. The van der Waals surface area contributed by atoms with Crippen molar-refractivity contribution in [3.63, 3.8) is 0 Å². The van der Waals surface area contributed by atoms with Crippen LogP contribution in [-0.4, -0.2) is 4.98 Å². The van der Waals surface area contributed by atoms with Crippen molar-refractivity contribution in [3.8, 4) is 0 Å². The predicted molar refractivity (Wildman–Crippen MR) is 92.9 cm³/mol. The number of halogens is 2. The summed E-state index contributed by atoms with van der Waals surface area (Å²) in [4.78, 5) is 4.50. The van der Waals surface area contributed by atoms with Crippen LogP contribution < -0.4 is 5.32 Å². The Labute approximate surface area is 136 Å². The minimum Gasteiger partial charge on any atom is -0.380 e. The second-order valence-electron chi connectivity index (χ2n) is 4.96. The fourth-order valence-electron chi connectivity index (χ4n) is 2.22. The summed E-state index contributed by atoms with van der Waals surface area (Å²) < 4.78 is 14.0. The van der Waals surface area contributed by atoms with Crippen molar-refractivity contribution in [2.24, 2.45) is 0 Å². The standard InChI is InChI=1S/C17H14FIN2/c1-11-2-4-13-8-12(3-6-16(13)21-11)10-20-17-7-5-14(18)9-15(17)19/h2-9,20H,10H2,1H3. The Bertz CT molecular complexity index is 802. The van der Waals surface area contributed by atoms with Crippen molar-refractivity contribution in [1.29, 1.82) is 0 Å². The zero-order valence-corrected chi connectivity index (χ0v) is 13.7. The lowest BCUT2D eigenvalue weighted by Crippen LogP contribution is -2.01. The fourth-order valence-corrected chi connectivity index (χ4v) is 2.89. The van der Waals surface area contributed by atoms with E-state index in [1.165, 1.54) is 17.7 Å². The van der Waals surface area contributed by atoms with Gasteiger partial charge in [0.25, 0.3) is 0 Å². The molecule has 0 fully saturated rings. The normalized spacial score (nSPS) is 10.8. The van der Waals surface area contributed by atoms with Crippen molar-refractivity contribution in [2.45, 2.75) is 13.5 Å². The highest BCUT2D eigenvalue weighted by atomic mass is 127. The first kappa shape index (κ1) is 14.3. The first-order valence-corrected chi connectivity index (χ1v) is 7.75. The Balaban J connectivity index is 1.80. The average Bonchev–Trinajstić information content (AvgIpc) is 2.46. The maximum atomic E-state index is 13.1. The molecule has 1 heterocycles. The van der Waals surface area contributed by atoms with E-state index in [0.29, 0.717) is 6.54 Å². The van der Waals surface area contributed by atoms with E-state index in [1.807, 2.05) is 19.1 Å². The van der Waals surface area contributed by atoms with Crippen molar-refractivity contribution in [1.82, 2.24) is 4.98 Å².